The maximum Gasteiger partial charge on any atom is 0.0510 e. The Morgan fingerprint density at radius 3 is 2.61 bits per heavy atom. The maximum atomic E-state index is 5.60. The molecule has 18 heavy (non-hydrogen) atoms. The zero-order valence-electron chi connectivity index (χ0n) is 11.2. The fourth-order valence-corrected chi connectivity index (χ4v) is 3.39. The van der Waals surface area contributed by atoms with Gasteiger partial charge in [-0.2, -0.15) is 0 Å². The van der Waals surface area contributed by atoms with Gasteiger partial charge in [0, 0.05) is 17.6 Å². The molecule has 0 saturated carbocycles. The third kappa shape index (κ3) is 3.27. The molecule has 0 bridgehead atoms. The average molecular weight is 311 g/mol. The highest BCUT2D eigenvalue weighted by atomic mass is 79.9. The molecule has 1 heterocycles. The van der Waals surface area contributed by atoms with Crippen LogP contribution in [0.25, 0.3) is 0 Å². The van der Waals surface area contributed by atoms with E-state index in [0.29, 0.717) is 6.54 Å². The molecule has 0 aliphatic carbocycles. The molecule has 0 spiro atoms. The summed E-state index contributed by atoms with van der Waals surface area (Å²) in [6.45, 7) is 5.40. The van der Waals surface area contributed by atoms with Crippen molar-refractivity contribution in [3.63, 3.8) is 0 Å². The van der Waals surface area contributed by atoms with E-state index in [0.717, 1.165) is 12.3 Å². The number of nitrogens with two attached hydrogens (primary N) is 1. The molecule has 1 fully saturated rings. The van der Waals surface area contributed by atoms with E-state index >= 15 is 0 Å². The van der Waals surface area contributed by atoms with E-state index in [1.807, 2.05) is 0 Å². The molecule has 0 amide bonds. The molecular weight excluding hydrogens is 288 g/mol. The number of piperidine rings is 1. The van der Waals surface area contributed by atoms with Crippen LogP contribution in [0.4, 0.5) is 5.69 Å². The highest BCUT2D eigenvalue weighted by Crippen LogP contribution is 2.31. The molecule has 1 aromatic carbocycles. The fraction of sp³-hybridized carbons (Fsp3) is 0.600. The van der Waals surface area contributed by atoms with Crippen molar-refractivity contribution in [2.24, 2.45) is 11.7 Å². The van der Waals surface area contributed by atoms with Crippen LogP contribution in [-0.2, 0) is 6.42 Å². The van der Waals surface area contributed by atoms with Crippen molar-refractivity contribution < 1.29 is 0 Å². The number of anilines is 1. The van der Waals surface area contributed by atoms with Crippen molar-refractivity contribution >= 4 is 21.6 Å². The summed E-state index contributed by atoms with van der Waals surface area (Å²) in [6, 6.07) is 6.66. The molecule has 3 heteroatoms. The third-order valence-electron chi connectivity index (χ3n) is 3.98. The number of rotatable bonds is 4. The predicted octanol–water partition coefficient (Wildman–Crippen LogP) is 3.58. The highest BCUT2D eigenvalue weighted by molar-refractivity contribution is 9.10. The minimum Gasteiger partial charge on any atom is -0.371 e. The molecule has 1 aliphatic rings. The minimum atomic E-state index is 0.716. The van der Waals surface area contributed by atoms with Gasteiger partial charge < -0.3 is 10.6 Å². The lowest BCUT2D eigenvalue weighted by molar-refractivity contribution is 0.395. The molecule has 1 saturated heterocycles. The van der Waals surface area contributed by atoms with E-state index in [2.05, 4.69) is 46.0 Å². The van der Waals surface area contributed by atoms with E-state index in [1.54, 1.807) is 0 Å². The smallest absolute Gasteiger partial charge is 0.0510 e. The van der Waals surface area contributed by atoms with E-state index in [-0.39, 0.29) is 0 Å². The van der Waals surface area contributed by atoms with Gasteiger partial charge in [0.2, 0.25) is 0 Å². The van der Waals surface area contributed by atoms with Gasteiger partial charge in [0.05, 0.1) is 5.69 Å². The van der Waals surface area contributed by atoms with Crippen LogP contribution in [0.1, 0.15) is 31.7 Å². The van der Waals surface area contributed by atoms with E-state index in [9.17, 15) is 0 Å². The molecule has 1 aliphatic heterocycles. The van der Waals surface area contributed by atoms with Crippen LogP contribution < -0.4 is 10.6 Å². The quantitative estimate of drug-likeness (QED) is 0.921. The number of benzene rings is 1. The van der Waals surface area contributed by atoms with Crippen LogP contribution in [0.15, 0.2) is 22.7 Å². The Kier molecular flexibility index (Phi) is 5.07. The van der Waals surface area contributed by atoms with Crippen molar-refractivity contribution in [1.29, 1.82) is 0 Å². The average Bonchev–Trinajstić information content (AvgIpc) is 2.40. The summed E-state index contributed by atoms with van der Waals surface area (Å²) in [4.78, 5) is 2.50. The lowest BCUT2D eigenvalue weighted by Gasteiger charge is -2.34. The second-order valence-corrected chi connectivity index (χ2v) is 6.02. The number of hydrogen-bond acceptors (Lipinski definition) is 2. The van der Waals surface area contributed by atoms with Crippen LogP contribution in [0, 0.1) is 5.92 Å². The Morgan fingerprint density at radius 2 is 2.06 bits per heavy atom. The molecule has 2 nitrogen and oxygen atoms in total. The van der Waals surface area contributed by atoms with Crippen LogP contribution in [0.3, 0.4) is 0 Å². The van der Waals surface area contributed by atoms with E-state index in [1.165, 1.54) is 48.1 Å². The summed E-state index contributed by atoms with van der Waals surface area (Å²) in [7, 11) is 0. The fourth-order valence-electron chi connectivity index (χ4n) is 2.71. The van der Waals surface area contributed by atoms with Gasteiger partial charge in [-0.3, -0.25) is 0 Å². The van der Waals surface area contributed by atoms with Crippen molar-refractivity contribution in [3.05, 3.63) is 28.2 Å². The molecule has 0 radical (unpaired) electrons. The lowest BCUT2D eigenvalue weighted by Crippen LogP contribution is -2.33. The Labute approximate surface area is 119 Å². The van der Waals surface area contributed by atoms with Crippen molar-refractivity contribution in [2.75, 3.05) is 24.5 Å². The van der Waals surface area contributed by atoms with Gasteiger partial charge in [-0.25, -0.2) is 0 Å². The Morgan fingerprint density at radius 1 is 1.33 bits per heavy atom. The molecule has 0 aromatic heterocycles. The topological polar surface area (TPSA) is 29.3 Å². The number of halogens is 1. The van der Waals surface area contributed by atoms with Gasteiger partial charge in [-0.15, -0.1) is 0 Å². The summed E-state index contributed by atoms with van der Waals surface area (Å²) < 4.78 is 1.21. The zero-order valence-corrected chi connectivity index (χ0v) is 12.7. The Hall–Kier alpha value is -0.540. The second-order valence-electron chi connectivity index (χ2n) is 5.16. The van der Waals surface area contributed by atoms with Crippen LogP contribution >= 0.6 is 15.9 Å². The highest BCUT2D eigenvalue weighted by Gasteiger charge is 2.19. The molecule has 2 rings (SSSR count). The third-order valence-corrected chi connectivity index (χ3v) is 4.61. The SMILES string of the molecule is CCC1CCN(c2ccc(CCN)cc2Br)CC1. The summed E-state index contributed by atoms with van der Waals surface area (Å²) in [5.74, 6) is 0.927. The first kappa shape index (κ1) is 13.9. The number of nitrogens with zero attached hydrogens (tertiary/aromatic N) is 1. The van der Waals surface area contributed by atoms with E-state index < -0.39 is 0 Å². The predicted molar refractivity (Wildman–Crippen MR) is 82.1 cm³/mol. The van der Waals surface area contributed by atoms with Gasteiger partial charge in [-0.05, 0) is 65.4 Å². The summed E-state index contributed by atoms with van der Waals surface area (Å²) in [5, 5.41) is 0. The summed E-state index contributed by atoms with van der Waals surface area (Å²) in [6.07, 6.45) is 4.93. The maximum absolute atomic E-state index is 5.60. The van der Waals surface area contributed by atoms with Crippen LogP contribution in [0.2, 0.25) is 0 Å². The van der Waals surface area contributed by atoms with E-state index in [4.69, 9.17) is 5.73 Å². The van der Waals surface area contributed by atoms with Gasteiger partial charge in [0.15, 0.2) is 0 Å². The molecular formula is C15H23BrN2. The van der Waals surface area contributed by atoms with Gasteiger partial charge >= 0.3 is 0 Å². The van der Waals surface area contributed by atoms with Gasteiger partial charge in [0.1, 0.15) is 0 Å². The molecule has 0 unspecified atom stereocenters. The van der Waals surface area contributed by atoms with Crippen LogP contribution in [-0.4, -0.2) is 19.6 Å². The monoisotopic (exact) mass is 310 g/mol. The normalized spacial score (nSPS) is 17.2. The van der Waals surface area contributed by atoms with Gasteiger partial charge in [-0.1, -0.05) is 19.4 Å². The first-order valence-electron chi connectivity index (χ1n) is 6.98. The molecule has 0 atom stereocenters. The second kappa shape index (κ2) is 6.58. The minimum absolute atomic E-state index is 0.716. The first-order chi connectivity index (χ1) is 8.74. The Balaban J connectivity index is 2.05. The molecule has 2 N–H and O–H groups in total. The zero-order chi connectivity index (χ0) is 13.0. The molecule has 1 aromatic rings. The summed E-state index contributed by atoms with van der Waals surface area (Å²) in [5.41, 5.74) is 8.25. The first-order valence-corrected chi connectivity index (χ1v) is 7.77. The summed E-state index contributed by atoms with van der Waals surface area (Å²) >= 11 is 3.70. The largest absolute Gasteiger partial charge is 0.371 e. The van der Waals surface area contributed by atoms with Crippen molar-refractivity contribution in [2.45, 2.75) is 32.6 Å². The standard InChI is InChI=1S/C15H23BrN2/c1-2-12-6-9-18(10-7-12)15-4-3-13(5-8-17)11-14(15)16/h3-4,11-12H,2,5-10,17H2,1H3. The molecule has 100 valence electrons. The van der Waals surface area contributed by atoms with Gasteiger partial charge in [0.25, 0.3) is 0 Å². The van der Waals surface area contributed by atoms with Crippen LogP contribution in [0.5, 0.6) is 0 Å². The van der Waals surface area contributed by atoms with Crippen molar-refractivity contribution in [1.82, 2.24) is 0 Å². The number of hydrogen-bond donors (Lipinski definition) is 1. The lowest BCUT2D eigenvalue weighted by atomic mass is 9.94. The Bertz CT molecular complexity index is 384. The van der Waals surface area contributed by atoms with Crippen molar-refractivity contribution in [3.8, 4) is 0 Å².